The number of hydrogen-bond acceptors (Lipinski definition) is 4. The highest BCUT2D eigenvalue weighted by atomic mass is 32.2. The van der Waals surface area contributed by atoms with Crippen LogP contribution >= 0.6 is 0 Å². The zero-order valence-electron chi connectivity index (χ0n) is 8.87. The number of nitrogens with one attached hydrogen (secondary N) is 1. The Morgan fingerprint density at radius 2 is 1.82 bits per heavy atom. The van der Waals surface area contributed by atoms with Crippen molar-refractivity contribution in [2.24, 2.45) is 5.14 Å². The van der Waals surface area contributed by atoms with Crippen LogP contribution in [0.1, 0.15) is 0 Å². The summed E-state index contributed by atoms with van der Waals surface area (Å²) in [5.41, 5.74) is 1.19. The lowest BCUT2D eigenvalue weighted by Crippen LogP contribution is -2.14. The molecule has 0 fully saturated rings. The van der Waals surface area contributed by atoms with Gasteiger partial charge in [0.05, 0.1) is 5.69 Å². The first-order chi connectivity index (χ1) is 8.07. The number of nitrogens with zero attached hydrogens (tertiary/aromatic N) is 1. The fourth-order valence-corrected chi connectivity index (χ4v) is 2.02. The number of rotatable bonds is 3. The molecule has 0 amide bonds. The minimum Gasteiger partial charge on any atom is -0.354 e. The molecule has 0 aliphatic rings. The Morgan fingerprint density at radius 1 is 1.12 bits per heavy atom. The maximum atomic E-state index is 11.3. The summed E-state index contributed by atoms with van der Waals surface area (Å²) in [6, 6.07) is 10.8. The number of hydrogen-bond donors (Lipinski definition) is 2. The lowest BCUT2D eigenvalue weighted by atomic mass is 10.3. The summed E-state index contributed by atoms with van der Waals surface area (Å²) in [5, 5.41) is 8.08. The summed E-state index contributed by atoms with van der Waals surface area (Å²) in [4.78, 5) is 3.73. The highest BCUT2D eigenvalue weighted by molar-refractivity contribution is 7.89. The molecule has 0 unspecified atom stereocenters. The van der Waals surface area contributed by atoms with Crippen molar-refractivity contribution in [3.63, 3.8) is 0 Å². The molecule has 1 aromatic heterocycles. The molecule has 1 heterocycles. The van der Waals surface area contributed by atoms with Gasteiger partial charge < -0.3 is 5.32 Å². The van der Waals surface area contributed by atoms with E-state index in [1.165, 1.54) is 12.4 Å². The van der Waals surface area contributed by atoms with Crippen LogP contribution in [0.4, 0.5) is 11.4 Å². The Morgan fingerprint density at radius 3 is 2.47 bits per heavy atom. The molecule has 88 valence electrons. The van der Waals surface area contributed by atoms with E-state index in [1.807, 2.05) is 30.3 Å². The lowest BCUT2D eigenvalue weighted by molar-refractivity contribution is 0.598. The van der Waals surface area contributed by atoms with Gasteiger partial charge in [-0.2, -0.15) is 0 Å². The average Bonchev–Trinajstić information content (AvgIpc) is 2.30. The van der Waals surface area contributed by atoms with Crippen LogP contribution in [0.5, 0.6) is 0 Å². The zero-order valence-corrected chi connectivity index (χ0v) is 9.68. The van der Waals surface area contributed by atoms with Gasteiger partial charge in [-0.1, -0.05) is 18.2 Å². The maximum absolute atomic E-state index is 11.3. The monoisotopic (exact) mass is 249 g/mol. The van der Waals surface area contributed by atoms with Gasteiger partial charge in [-0.3, -0.25) is 4.98 Å². The third-order valence-corrected chi connectivity index (χ3v) is 3.08. The van der Waals surface area contributed by atoms with Crippen LogP contribution in [-0.4, -0.2) is 13.4 Å². The molecule has 0 spiro atoms. The molecule has 0 bridgehead atoms. The van der Waals surface area contributed by atoms with Gasteiger partial charge in [-0.25, -0.2) is 13.6 Å². The largest absolute Gasteiger partial charge is 0.354 e. The predicted molar refractivity (Wildman–Crippen MR) is 65.3 cm³/mol. The first-order valence-corrected chi connectivity index (χ1v) is 6.41. The van der Waals surface area contributed by atoms with Crippen molar-refractivity contribution in [3.8, 4) is 0 Å². The zero-order chi connectivity index (χ0) is 12.3. The highest BCUT2D eigenvalue weighted by Crippen LogP contribution is 2.22. The molecule has 0 radical (unpaired) electrons. The fourth-order valence-electron chi connectivity index (χ4n) is 1.39. The fraction of sp³-hybridized carbons (Fsp3) is 0. The second-order valence-corrected chi connectivity index (χ2v) is 4.94. The summed E-state index contributed by atoms with van der Waals surface area (Å²) >= 11 is 0. The van der Waals surface area contributed by atoms with E-state index >= 15 is 0 Å². The van der Waals surface area contributed by atoms with Gasteiger partial charge in [0.2, 0.25) is 10.0 Å². The van der Waals surface area contributed by atoms with Crippen molar-refractivity contribution in [1.29, 1.82) is 0 Å². The Labute approximate surface area is 99.4 Å². The second kappa shape index (κ2) is 4.52. The number of pyridine rings is 1. The van der Waals surface area contributed by atoms with Gasteiger partial charge in [0, 0.05) is 18.1 Å². The van der Waals surface area contributed by atoms with Crippen LogP contribution in [0.15, 0.2) is 53.7 Å². The Kier molecular flexibility index (Phi) is 3.08. The summed E-state index contributed by atoms with van der Waals surface area (Å²) in [7, 11) is -3.78. The Bertz CT molecular complexity index is 612. The van der Waals surface area contributed by atoms with E-state index < -0.39 is 10.0 Å². The molecule has 0 atom stereocenters. The summed E-state index contributed by atoms with van der Waals surface area (Å²) < 4.78 is 22.7. The normalized spacial score (nSPS) is 11.1. The molecule has 0 aliphatic heterocycles. The van der Waals surface area contributed by atoms with Crippen molar-refractivity contribution >= 4 is 21.4 Å². The maximum Gasteiger partial charge on any atom is 0.241 e. The first-order valence-electron chi connectivity index (χ1n) is 4.86. The number of anilines is 2. The molecule has 0 saturated carbocycles. The Balaban J connectivity index is 2.41. The summed E-state index contributed by atoms with van der Waals surface area (Å²) in [6.45, 7) is 0. The van der Waals surface area contributed by atoms with E-state index in [-0.39, 0.29) is 4.90 Å². The smallest absolute Gasteiger partial charge is 0.241 e. The number of aromatic nitrogens is 1. The van der Waals surface area contributed by atoms with Gasteiger partial charge in [-0.15, -0.1) is 0 Å². The molecular weight excluding hydrogens is 238 g/mol. The van der Waals surface area contributed by atoms with E-state index in [0.717, 1.165) is 5.69 Å². The van der Waals surface area contributed by atoms with Gasteiger partial charge in [-0.05, 0) is 18.2 Å². The quantitative estimate of drug-likeness (QED) is 0.862. The van der Waals surface area contributed by atoms with Gasteiger partial charge >= 0.3 is 0 Å². The predicted octanol–water partition coefficient (Wildman–Crippen LogP) is 1.47. The van der Waals surface area contributed by atoms with Crippen molar-refractivity contribution in [2.75, 3.05) is 5.32 Å². The molecule has 2 rings (SSSR count). The Hall–Kier alpha value is -1.92. The number of benzene rings is 1. The van der Waals surface area contributed by atoms with Crippen LogP contribution < -0.4 is 10.5 Å². The third-order valence-electron chi connectivity index (χ3n) is 2.14. The molecule has 6 heteroatoms. The summed E-state index contributed by atoms with van der Waals surface area (Å²) in [6.07, 6.45) is 2.72. The number of primary sulfonamides is 1. The van der Waals surface area contributed by atoms with Crippen LogP contribution in [0, 0.1) is 0 Å². The SMILES string of the molecule is NS(=O)(=O)c1cnccc1Nc1ccccc1. The summed E-state index contributed by atoms with van der Waals surface area (Å²) in [5.74, 6) is 0. The van der Waals surface area contributed by atoms with Crippen LogP contribution in [0.3, 0.4) is 0 Å². The number of sulfonamides is 1. The van der Waals surface area contributed by atoms with Crippen LogP contribution in [-0.2, 0) is 10.0 Å². The molecule has 2 aromatic rings. The van der Waals surface area contributed by atoms with Crippen molar-refractivity contribution in [2.45, 2.75) is 4.90 Å². The van der Waals surface area contributed by atoms with Crippen molar-refractivity contribution in [3.05, 3.63) is 48.8 Å². The van der Waals surface area contributed by atoms with E-state index in [4.69, 9.17) is 5.14 Å². The van der Waals surface area contributed by atoms with E-state index in [2.05, 4.69) is 10.3 Å². The standard InChI is InChI=1S/C11H11N3O2S/c12-17(15,16)11-8-13-7-6-10(11)14-9-4-2-1-3-5-9/h1-8H,(H,13,14)(H2,12,15,16). The van der Waals surface area contributed by atoms with E-state index in [9.17, 15) is 8.42 Å². The lowest BCUT2D eigenvalue weighted by Gasteiger charge is -2.09. The number of para-hydroxylation sites is 1. The molecule has 0 saturated heterocycles. The molecule has 5 nitrogen and oxygen atoms in total. The van der Waals surface area contributed by atoms with Crippen molar-refractivity contribution < 1.29 is 8.42 Å². The minimum atomic E-state index is -3.78. The first kappa shape index (κ1) is 11.6. The molecule has 17 heavy (non-hydrogen) atoms. The van der Waals surface area contributed by atoms with Crippen LogP contribution in [0.2, 0.25) is 0 Å². The van der Waals surface area contributed by atoms with E-state index in [0.29, 0.717) is 5.69 Å². The number of nitrogens with two attached hydrogens (primary N) is 1. The molecule has 3 N–H and O–H groups in total. The highest BCUT2D eigenvalue weighted by Gasteiger charge is 2.13. The van der Waals surface area contributed by atoms with Crippen LogP contribution in [0.25, 0.3) is 0 Å². The van der Waals surface area contributed by atoms with E-state index in [1.54, 1.807) is 6.07 Å². The second-order valence-electron chi connectivity index (χ2n) is 3.41. The average molecular weight is 249 g/mol. The topological polar surface area (TPSA) is 85.1 Å². The van der Waals surface area contributed by atoms with Gasteiger partial charge in [0.25, 0.3) is 0 Å². The van der Waals surface area contributed by atoms with Gasteiger partial charge in [0.1, 0.15) is 4.90 Å². The molecule has 0 aliphatic carbocycles. The molecule has 1 aromatic carbocycles. The minimum absolute atomic E-state index is 0.0242. The van der Waals surface area contributed by atoms with Crippen molar-refractivity contribution in [1.82, 2.24) is 4.98 Å². The van der Waals surface area contributed by atoms with Gasteiger partial charge in [0.15, 0.2) is 0 Å². The third kappa shape index (κ3) is 2.80. The molecular formula is C11H11N3O2S.